The molecule has 7 heteroatoms. The number of carboxylic acids is 1. The zero-order valence-corrected chi connectivity index (χ0v) is 12.1. The van der Waals surface area contributed by atoms with Gasteiger partial charge in [-0.25, -0.2) is 0 Å². The lowest BCUT2D eigenvalue weighted by molar-refractivity contribution is -0.137. The fourth-order valence-electron chi connectivity index (χ4n) is 2.35. The van der Waals surface area contributed by atoms with Crippen LogP contribution in [0.1, 0.15) is 28.2 Å². The molecule has 0 unspecified atom stereocenters. The van der Waals surface area contributed by atoms with Crippen molar-refractivity contribution in [3.8, 4) is 0 Å². The fraction of sp³-hybridized carbons (Fsp3) is 0.462. The normalized spacial score (nSPS) is 14.7. The second-order valence-corrected chi connectivity index (χ2v) is 6.13. The summed E-state index contributed by atoms with van der Waals surface area (Å²) in [5.74, 6) is -1.15. The van der Waals surface area contributed by atoms with Crippen molar-refractivity contribution in [1.82, 2.24) is 14.7 Å². The van der Waals surface area contributed by atoms with Gasteiger partial charge in [0.25, 0.3) is 5.91 Å². The molecule has 106 valence electrons. The Bertz CT molecular complexity index is 665. The molecule has 1 aliphatic rings. The van der Waals surface area contributed by atoms with Crippen LogP contribution in [-0.4, -0.2) is 44.3 Å². The van der Waals surface area contributed by atoms with E-state index in [1.54, 1.807) is 4.68 Å². The zero-order chi connectivity index (χ0) is 14.4. The molecule has 0 aromatic carbocycles. The maximum atomic E-state index is 12.5. The minimum absolute atomic E-state index is 0.0861. The molecule has 1 fully saturated rings. The molecule has 0 bridgehead atoms. The second kappa shape index (κ2) is 4.59. The third-order valence-electron chi connectivity index (χ3n) is 3.46. The molecule has 0 spiro atoms. The van der Waals surface area contributed by atoms with Gasteiger partial charge >= 0.3 is 5.97 Å². The quantitative estimate of drug-likeness (QED) is 0.929. The van der Waals surface area contributed by atoms with Crippen LogP contribution in [0.4, 0.5) is 0 Å². The van der Waals surface area contributed by atoms with Crippen molar-refractivity contribution >= 4 is 33.4 Å². The van der Waals surface area contributed by atoms with Crippen LogP contribution in [0.25, 0.3) is 10.2 Å². The van der Waals surface area contributed by atoms with Crippen LogP contribution in [0.3, 0.4) is 0 Å². The number of carbonyl (C=O) groups is 2. The Balaban J connectivity index is 1.94. The first-order chi connectivity index (χ1) is 9.47. The molecule has 0 radical (unpaired) electrons. The molecule has 0 aliphatic heterocycles. The van der Waals surface area contributed by atoms with E-state index in [4.69, 9.17) is 5.11 Å². The number of fused-ring (bicyclic) bond motifs is 1. The number of rotatable bonds is 4. The molecular formula is C13H15N3O3S. The number of carbonyl (C=O) groups excluding carboxylic acids is 1. The zero-order valence-electron chi connectivity index (χ0n) is 11.3. The Morgan fingerprint density at radius 1 is 1.55 bits per heavy atom. The van der Waals surface area contributed by atoms with Gasteiger partial charge < -0.3 is 10.0 Å². The van der Waals surface area contributed by atoms with E-state index in [0.29, 0.717) is 4.88 Å². The Kier molecular flexibility index (Phi) is 3.01. The Hall–Kier alpha value is -1.89. The molecule has 1 aliphatic carbocycles. The average Bonchev–Trinajstić information content (AvgIpc) is 3.05. The first kappa shape index (κ1) is 13.1. The van der Waals surface area contributed by atoms with Gasteiger partial charge in [-0.3, -0.25) is 14.3 Å². The summed E-state index contributed by atoms with van der Waals surface area (Å²) < 4.78 is 1.75. The number of nitrogens with zero attached hydrogens (tertiary/aromatic N) is 3. The van der Waals surface area contributed by atoms with E-state index in [0.717, 1.165) is 28.8 Å². The van der Waals surface area contributed by atoms with E-state index in [1.807, 2.05) is 20.0 Å². The molecule has 2 heterocycles. The topological polar surface area (TPSA) is 75.4 Å². The van der Waals surface area contributed by atoms with Crippen molar-refractivity contribution in [2.45, 2.75) is 25.8 Å². The number of aromatic nitrogens is 2. The first-order valence-electron chi connectivity index (χ1n) is 6.43. The summed E-state index contributed by atoms with van der Waals surface area (Å²) in [4.78, 5) is 26.4. The standard InChI is InChI=1S/C13H15N3O3S/c1-7-9-5-10(20-13(9)15(2)14-7)12(19)16(6-11(17)18)8-3-4-8/h5,8H,3-4,6H2,1-2H3,(H,17,18). The molecule has 3 rings (SSSR count). The van der Waals surface area contributed by atoms with Gasteiger partial charge in [0, 0.05) is 18.5 Å². The predicted octanol–water partition coefficient (Wildman–Crippen LogP) is 1.63. The van der Waals surface area contributed by atoms with Crippen molar-refractivity contribution in [3.05, 3.63) is 16.6 Å². The van der Waals surface area contributed by atoms with E-state index >= 15 is 0 Å². The molecule has 1 N–H and O–H groups in total. The summed E-state index contributed by atoms with van der Waals surface area (Å²) in [7, 11) is 1.84. The Labute approximate surface area is 119 Å². The highest BCUT2D eigenvalue weighted by Crippen LogP contribution is 2.32. The van der Waals surface area contributed by atoms with Gasteiger partial charge in [0.15, 0.2) is 0 Å². The maximum Gasteiger partial charge on any atom is 0.323 e. The lowest BCUT2D eigenvalue weighted by atomic mass is 10.3. The lowest BCUT2D eigenvalue weighted by Crippen LogP contribution is -2.37. The number of carboxylic acid groups (broad SMARTS) is 1. The number of aryl methyl sites for hydroxylation is 2. The van der Waals surface area contributed by atoms with Crippen LogP contribution in [0, 0.1) is 6.92 Å². The van der Waals surface area contributed by atoms with Crippen molar-refractivity contribution in [2.24, 2.45) is 7.05 Å². The second-order valence-electron chi connectivity index (χ2n) is 5.10. The molecule has 0 saturated heterocycles. The number of thiophene rings is 1. The highest BCUT2D eigenvalue weighted by Gasteiger charge is 2.35. The van der Waals surface area contributed by atoms with Crippen LogP contribution < -0.4 is 0 Å². The molecule has 2 aromatic rings. The van der Waals surface area contributed by atoms with E-state index in [9.17, 15) is 9.59 Å². The van der Waals surface area contributed by atoms with Crippen molar-refractivity contribution in [3.63, 3.8) is 0 Å². The number of amides is 1. The fourth-order valence-corrected chi connectivity index (χ4v) is 3.43. The van der Waals surface area contributed by atoms with Gasteiger partial charge in [-0.05, 0) is 25.8 Å². The smallest absolute Gasteiger partial charge is 0.323 e. The van der Waals surface area contributed by atoms with Gasteiger partial charge in [-0.2, -0.15) is 5.10 Å². The van der Waals surface area contributed by atoms with Crippen LogP contribution in [0.5, 0.6) is 0 Å². The molecule has 6 nitrogen and oxygen atoms in total. The van der Waals surface area contributed by atoms with Gasteiger partial charge in [0.1, 0.15) is 11.4 Å². The van der Waals surface area contributed by atoms with Crippen molar-refractivity contribution < 1.29 is 14.7 Å². The van der Waals surface area contributed by atoms with Crippen molar-refractivity contribution in [1.29, 1.82) is 0 Å². The third kappa shape index (κ3) is 2.18. The van der Waals surface area contributed by atoms with E-state index in [-0.39, 0.29) is 18.5 Å². The molecule has 2 aromatic heterocycles. The minimum Gasteiger partial charge on any atom is -0.480 e. The van der Waals surface area contributed by atoms with Crippen LogP contribution in [-0.2, 0) is 11.8 Å². The molecule has 0 atom stereocenters. The Morgan fingerprint density at radius 3 is 2.80 bits per heavy atom. The van der Waals surface area contributed by atoms with Gasteiger partial charge in [0.2, 0.25) is 0 Å². The van der Waals surface area contributed by atoms with Gasteiger partial charge in [-0.15, -0.1) is 11.3 Å². The summed E-state index contributed by atoms with van der Waals surface area (Å²) in [6, 6.07) is 1.91. The highest BCUT2D eigenvalue weighted by atomic mass is 32.1. The van der Waals surface area contributed by atoms with E-state index < -0.39 is 5.97 Å². The molecule has 1 saturated carbocycles. The molecule has 1 amide bonds. The lowest BCUT2D eigenvalue weighted by Gasteiger charge is -2.19. The van der Waals surface area contributed by atoms with Gasteiger partial charge in [-0.1, -0.05) is 0 Å². The van der Waals surface area contributed by atoms with Crippen LogP contribution in [0.2, 0.25) is 0 Å². The number of aliphatic carboxylic acids is 1. The minimum atomic E-state index is -0.968. The summed E-state index contributed by atoms with van der Waals surface area (Å²) in [5.41, 5.74) is 0.883. The highest BCUT2D eigenvalue weighted by molar-refractivity contribution is 7.20. The van der Waals surface area contributed by atoms with E-state index in [1.165, 1.54) is 16.2 Å². The average molecular weight is 293 g/mol. The Morgan fingerprint density at radius 2 is 2.25 bits per heavy atom. The summed E-state index contributed by atoms with van der Waals surface area (Å²) in [5, 5.41) is 14.2. The molecular weight excluding hydrogens is 278 g/mol. The maximum absolute atomic E-state index is 12.5. The van der Waals surface area contributed by atoms with Gasteiger partial charge in [0.05, 0.1) is 10.6 Å². The summed E-state index contributed by atoms with van der Waals surface area (Å²) in [6.45, 7) is 1.67. The first-order valence-corrected chi connectivity index (χ1v) is 7.25. The number of hydrogen-bond donors (Lipinski definition) is 1. The van der Waals surface area contributed by atoms with Crippen LogP contribution >= 0.6 is 11.3 Å². The number of hydrogen-bond acceptors (Lipinski definition) is 4. The summed E-state index contributed by atoms with van der Waals surface area (Å²) >= 11 is 1.37. The van der Waals surface area contributed by atoms with Crippen LogP contribution in [0.15, 0.2) is 6.07 Å². The molecule has 20 heavy (non-hydrogen) atoms. The summed E-state index contributed by atoms with van der Waals surface area (Å²) in [6.07, 6.45) is 1.79. The monoisotopic (exact) mass is 293 g/mol. The van der Waals surface area contributed by atoms with E-state index in [2.05, 4.69) is 5.10 Å². The third-order valence-corrected chi connectivity index (χ3v) is 4.65. The SMILES string of the molecule is Cc1nn(C)c2sc(C(=O)N(CC(=O)O)C3CC3)cc12. The van der Waals surface area contributed by atoms with Crippen molar-refractivity contribution in [2.75, 3.05) is 6.54 Å². The predicted molar refractivity (Wildman–Crippen MR) is 75.0 cm³/mol. The largest absolute Gasteiger partial charge is 0.480 e.